The first kappa shape index (κ1) is 13.9. The van der Waals surface area contributed by atoms with E-state index in [9.17, 15) is 0 Å². The monoisotopic (exact) mass is 266 g/mol. The average molecular weight is 266 g/mol. The zero-order chi connectivity index (χ0) is 13.9. The lowest BCUT2D eigenvalue weighted by molar-refractivity contribution is 0.127. The van der Waals surface area contributed by atoms with Crippen LogP contribution in [0, 0.1) is 0 Å². The van der Waals surface area contributed by atoms with Gasteiger partial charge in [-0.25, -0.2) is 0 Å². The van der Waals surface area contributed by atoms with Crippen LogP contribution in [0.5, 0.6) is 0 Å². The van der Waals surface area contributed by atoms with Gasteiger partial charge in [0.2, 0.25) is 0 Å². The van der Waals surface area contributed by atoms with Gasteiger partial charge < -0.3 is 9.47 Å². The van der Waals surface area contributed by atoms with Crippen molar-refractivity contribution >= 4 is 0 Å². The molecule has 2 aliphatic rings. The van der Waals surface area contributed by atoms with Crippen molar-refractivity contribution in [2.75, 3.05) is 13.2 Å². The maximum absolute atomic E-state index is 5.65. The molecule has 0 bridgehead atoms. The van der Waals surface area contributed by atoms with E-state index in [1.165, 1.54) is 0 Å². The molecule has 2 rings (SSSR count). The first-order valence-corrected chi connectivity index (χ1v) is 6.64. The summed E-state index contributed by atoms with van der Waals surface area (Å²) in [6.07, 6.45) is 27.4. The molecule has 2 aliphatic carbocycles. The van der Waals surface area contributed by atoms with Gasteiger partial charge in [0.05, 0.1) is 0 Å². The molecular formula is C18H18O2. The summed E-state index contributed by atoms with van der Waals surface area (Å²) in [5.41, 5.74) is 0. The minimum atomic E-state index is 0.512. The first-order chi connectivity index (χ1) is 9.95. The topological polar surface area (TPSA) is 18.5 Å². The SMILES string of the molecule is C1=C\C=C/C(OCCOC2=C/C=C\C=C/C=C\2)=C\C=C/1. The highest BCUT2D eigenvalue weighted by atomic mass is 16.5. The van der Waals surface area contributed by atoms with E-state index in [4.69, 9.17) is 9.47 Å². The van der Waals surface area contributed by atoms with E-state index in [1.807, 2.05) is 85.1 Å². The van der Waals surface area contributed by atoms with Crippen LogP contribution >= 0.6 is 0 Å². The lowest BCUT2D eigenvalue weighted by Crippen LogP contribution is -2.03. The Hall–Kier alpha value is -2.48. The maximum atomic E-state index is 5.65. The number of hydrogen-bond donors (Lipinski definition) is 0. The summed E-state index contributed by atoms with van der Waals surface area (Å²) in [4.78, 5) is 0. The Morgan fingerprint density at radius 1 is 0.500 bits per heavy atom. The molecule has 2 heteroatoms. The molecule has 0 spiro atoms. The number of rotatable bonds is 5. The molecule has 20 heavy (non-hydrogen) atoms. The third-order valence-electron chi connectivity index (χ3n) is 2.55. The minimum absolute atomic E-state index is 0.512. The second kappa shape index (κ2) is 8.59. The van der Waals surface area contributed by atoms with Crippen LogP contribution in [-0.4, -0.2) is 13.2 Å². The Labute approximate surface area is 120 Å². The lowest BCUT2D eigenvalue weighted by Gasteiger charge is -2.09. The molecule has 0 saturated heterocycles. The van der Waals surface area contributed by atoms with Gasteiger partial charge in [-0.2, -0.15) is 0 Å². The van der Waals surface area contributed by atoms with Crippen LogP contribution in [0.4, 0.5) is 0 Å². The molecule has 0 N–H and O–H groups in total. The van der Waals surface area contributed by atoms with E-state index in [2.05, 4.69) is 0 Å². The van der Waals surface area contributed by atoms with Gasteiger partial charge >= 0.3 is 0 Å². The summed E-state index contributed by atoms with van der Waals surface area (Å²) < 4.78 is 11.3. The van der Waals surface area contributed by atoms with Crippen molar-refractivity contribution in [2.45, 2.75) is 0 Å². The summed E-state index contributed by atoms with van der Waals surface area (Å²) in [5, 5.41) is 0. The fourth-order valence-corrected chi connectivity index (χ4v) is 1.61. The summed E-state index contributed by atoms with van der Waals surface area (Å²) in [6.45, 7) is 1.02. The van der Waals surface area contributed by atoms with Crippen LogP contribution < -0.4 is 0 Å². The first-order valence-electron chi connectivity index (χ1n) is 6.64. The lowest BCUT2D eigenvalue weighted by atomic mass is 10.3. The van der Waals surface area contributed by atoms with E-state index < -0.39 is 0 Å². The second-order valence-electron chi connectivity index (χ2n) is 4.09. The van der Waals surface area contributed by atoms with Crippen LogP contribution in [-0.2, 0) is 9.47 Å². The molecule has 0 atom stereocenters. The van der Waals surface area contributed by atoms with Gasteiger partial charge in [-0.1, -0.05) is 60.8 Å². The largest absolute Gasteiger partial charge is 0.490 e. The molecule has 0 heterocycles. The molecular weight excluding hydrogens is 248 g/mol. The highest BCUT2D eigenvalue weighted by molar-refractivity contribution is 5.28. The van der Waals surface area contributed by atoms with Crippen molar-refractivity contribution in [3.05, 3.63) is 96.6 Å². The molecule has 0 unspecified atom stereocenters. The van der Waals surface area contributed by atoms with Crippen molar-refractivity contribution in [1.29, 1.82) is 0 Å². The highest BCUT2D eigenvalue weighted by Crippen LogP contribution is 2.06. The van der Waals surface area contributed by atoms with Gasteiger partial charge in [0.15, 0.2) is 0 Å². The van der Waals surface area contributed by atoms with E-state index in [0.29, 0.717) is 13.2 Å². The molecule has 0 fully saturated rings. The van der Waals surface area contributed by atoms with Crippen molar-refractivity contribution in [3.8, 4) is 0 Å². The van der Waals surface area contributed by atoms with Gasteiger partial charge in [0.1, 0.15) is 24.7 Å². The smallest absolute Gasteiger partial charge is 0.122 e. The van der Waals surface area contributed by atoms with Crippen molar-refractivity contribution in [2.24, 2.45) is 0 Å². The zero-order valence-corrected chi connectivity index (χ0v) is 11.3. The maximum Gasteiger partial charge on any atom is 0.122 e. The molecule has 102 valence electrons. The predicted molar refractivity (Wildman–Crippen MR) is 82.9 cm³/mol. The summed E-state index contributed by atoms with van der Waals surface area (Å²) in [7, 11) is 0. The molecule has 0 amide bonds. The molecule has 2 nitrogen and oxygen atoms in total. The van der Waals surface area contributed by atoms with Crippen LogP contribution in [0.15, 0.2) is 96.6 Å². The molecule has 0 radical (unpaired) electrons. The van der Waals surface area contributed by atoms with Gasteiger partial charge in [-0.05, 0) is 24.3 Å². The Balaban J connectivity index is 1.73. The quantitative estimate of drug-likeness (QED) is 0.696. The van der Waals surface area contributed by atoms with E-state index in [1.54, 1.807) is 0 Å². The molecule has 0 aromatic heterocycles. The Bertz CT molecular complexity index is 488. The van der Waals surface area contributed by atoms with Gasteiger partial charge in [-0.15, -0.1) is 0 Å². The fourth-order valence-electron chi connectivity index (χ4n) is 1.61. The summed E-state index contributed by atoms with van der Waals surface area (Å²) in [5.74, 6) is 1.67. The number of hydrogen-bond acceptors (Lipinski definition) is 2. The van der Waals surface area contributed by atoms with Gasteiger partial charge in [0.25, 0.3) is 0 Å². The van der Waals surface area contributed by atoms with Crippen LogP contribution in [0.3, 0.4) is 0 Å². The summed E-state index contributed by atoms with van der Waals surface area (Å²) in [6, 6.07) is 0. The standard InChI is InChI=1S/C18H18O2/c1-3-7-11-17(12-8-4-1)19-15-16-20-18-13-9-5-2-6-10-14-18/h1-14H,15-16H2/b3-1-,4-1?,5-2-,6-2?,7-3?,8-4-,9-5?,10-6-,11-7-,12-8?,13-9-,14-10?,17-11?,17-12+,18-13?,18-14+. The molecule has 0 aliphatic heterocycles. The Morgan fingerprint density at radius 3 is 1.40 bits per heavy atom. The van der Waals surface area contributed by atoms with Gasteiger partial charge in [0, 0.05) is 0 Å². The minimum Gasteiger partial charge on any atom is -0.490 e. The third-order valence-corrected chi connectivity index (χ3v) is 2.55. The Morgan fingerprint density at radius 2 is 0.900 bits per heavy atom. The van der Waals surface area contributed by atoms with Crippen LogP contribution in [0.1, 0.15) is 0 Å². The van der Waals surface area contributed by atoms with Crippen molar-refractivity contribution in [3.63, 3.8) is 0 Å². The zero-order valence-electron chi connectivity index (χ0n) is 11.3. The van der Waals surface area contributed by atoms with Crippen molar-refractivity contribution in [1.82, 2.24) is 0 Å². The van der Waals surface area contributed by atoms with Crippen molar-refractivity contribution < 1.29 is 9.47 Å². The fraction of sp³-hybridized carbons (Fsp3) is 0.111. The van der Waals surface area contributed by atoms with Crippen LogP contribution in [0.2, 0.25) is 0 Å². The van der Waals surface area contributed by atoms with Gasteiger partial charge in [-0.3, -0.25) is 0 Å². The highest BCUT2D eigenvalue weighted by Gasteiger charge is 1.96. The second-order valence-corrected chi connectivity index (χ2v) is 4.09. The number of allylic oxidation sites excluding steroid dienone is 14. The number of ether oxygens (including phenoxy) is 2. The molecule has 0 aromatic carbocycles. The van der Waals surface area contributed by atoms with E-state index in [-0.39, 0.29) is 0 Å². The Kier molecular flexibility index (Phi) is 5.99. The average Bonchev–Trinajstić information content (AvgIpc) is 2.38. The predicted octanol–water partition coefficient (Wildman–Crippen LogP) is 4.15. The summed E-state index contributed by atoms with van der Waals surface area (Å²) >= 11 is 0. The normalized spacial score (nSPS) is 31.6. The van der Waals surface area contributed by atoms with E-state index in [0.717, 1.165) is 11.5 Å². The molecule has 0 saturated carbocycles. The third kappa shape index (κ3) is 5.44. The van der Waals surface area contributed by atoms with E-state index >= 15 is 0 Å². The molecule has 0 aromatic rings. The van der Waals surface area contributed by atoms with Crippen LogP contribution in [0.25, 0.3) is 0 Å².